The van der Waals surface area contributed by atoms with Crippen molar-refractivity contribution in [3.8, 4) is 0 Å². The Balaban J connectivity index is 2.09. The normalized spacial score (nSPS) is 16.1. The van der Waals surface area contributed by atoms with Crippen molar-refractivity contribution in [1.82, 2.24) is 0 Å². The van der Waals surface area contributed by atoms with Crippen molar-refractivity contribution in [3.63, 3.8) is 0 Å². The van der Waals surface area contributed by atoms with E-state index in [4.69, 9.17) is 0 Å². The Kier molecular flexibility index (Phi) is 4.52. The second-order valence-corrected chi connectivity index (χ2v) is 10.1. The molecule has 2 aliphatic rings. The SMILES string of the molecule is O=C(O)c1ccc2c(=C3SC=CS3)c3ccccc3c(=C3SC=CS3)c2c1. The summed E-state index contributed by atoms with van der Waals surface area (Å²) >= 11 is 6.85. The van der Waals surface area contributed by atoms with Crippen molar-refractivity contribution in [2.75, 3.05) is 0 Å². The van der Waals surface area contributed by atoms with Crippen LogP contribution in [0.15, 0.2) is 64.1 Å². The van der Waals surface area contributed by atoms with Gasteiger partial charge in [-0.15, -0.1) is 0 Å². The molecule has 0 saturated carbocycles. The Labute approximate surface area is 172 Å². The van der Waals surface area contributed by atoms with Gasteiger partial charge < -0.3 is 5.11 Å². The lowest BCUT2D eigenvalue weighted by Crippen LogP contribution is -2.17. The topological polar surface area (TPSA) is 37.3 Å². The molecule has 0 fully saturated rings. The molecular formula is C21H12O2S4. The number of hydrogen-bond acceptors (Lipinski definition) is 5. The largest absolute Gasteiger partial charge is 0.478 e. The Bertz CT molecular complexity index is 1290. The molecule has 2 nitrogen and oxygen atoms in total. The maximum absolute atomic E-state index is 11.6. The first kappa shape index (κ1) is 17.4. The summed E-state index contributed by atoms with van der Waals surface area (Å²) in [6.45, 7) is 0. The van der Waals surface area contributed by atoms with Gasteiger partial charge in [0.2, 0.25) is 0 Å². The molecular weight excluding hydrogens is 412 g/mol. The fourth-order valence-corrected chi connectivity index (χ4v) is 7.25. The van der Waals surface area contributed by atoms with Gasteiger partial charge in [0.15, 0.2) is 0 Å². The van der Waals surface area contributed by atoms with Gasteiger partial charge in [0.25, 0.3) is 0 Å². The Hall–Kier alpha value is -1.73. The Morgan fingerprint density at radius 2 is 1.15 bits per heavy atom. The van der Waals surface area contributed by atoms with E-state index in [2.05, 4.69) is 45.9 Å². The van der Waals surface area contributed by atoms with Crippen LogP contribution in [0.2, 0.25) is 0 Å². The summed E-state index contributed by atoms with van der Waals surface area (Å²) in [6, 6.07) is 13.9. The average Bonchev–Trinajstić information content (AvgIpc) is 3.39. The third-order valence-corrected chi connectivity index (χ3v) is 8.75. The van der Waals surface area contributed by atoms with E-state index in [1.807, 2.05) is 12.1 Å². The monoisotopic (exact) mass is 424 g/mol. The molecule has 0 aromatic heterocycles. The number of aromatic carboxylic acids is 1. The molecule has 3 aromatic rings. The van der Waals surface area contributed by atoms with Crippen molar-refractivity contribution in [2.45, 2.75) is 0 Å². The summed E-state index contributed by atoms with van der Waals surface area (Å²) in [7, 11) is 0. The van der Waals surface area contributed by atoms with E-state index in [9.17, 15) is 9.90 Å². The number of carbonyl (C=O) groups is 1. The van der Waals surface area contributed by atoms with Gasteiger partial charge in [-0.25, -0.2) is 4.79 Å². The van der Waals surface area contributed by atoms with Crippen molar-refractivity contribution < 1.29 is 9.90 Å². The van der Waals surface area contributed by atoms with Crippen molar-refractivity contribution in [3.05, 3.63) is 80.1 Å². The molecule has 0 amide bonds. The third-order valence-electron chi connectivity index (χ3n) is 4.49. The minimum atomic E-state index is -0.897. The second-order valence-electron chi connectivity index (χ2n) is 5.95. The van der Waals surface area contributed by atoms with Gasteiger partial charge in [0.1, 0.15) is 0 Å². The van der Waals surface area contributed by atoms with Crippen LogP contribution in [0, 0.1) is 0 Å². The molecule has 0 radical (unpaired) electrons. The van der Waals surface area contributed by atoms with E-state index >= 15 is 0 Å². The molecule has 132 valence electrons. The molecule has 1 N–H and O–H groups in total. The van der Waals surface area contributed by atoms with Gasteiger partial charge in [0.05, 0.1) is 14.0 Å². The first-order chi connectivity index (χ1) is 13.2. The fraction of sp³-hybridized carbons (Fsp3) is 0. The highest BCUT2D eigenvalue weighted by Gasteiger charge is 2.16. The minimum absolute atomic E-state index is 0.321. The lowest BCUT2D eigenvalue weighted by atomic mass is 9.97. The lowest BCUT2D eigenvalue weighted by molar-refractivity contribution is 0.0697. The highest BCUT2D eigenvalue weighted by atomic mass is 32.2. The van der Waals surface area contributed by atoms with Crippen LogP contribution in [0.4, 0.5) is 0 Å². The van der Waals surface area contributed by atoms with Crippen molar-refractivity contribution in [2.24, 2.45) is 0 Å². The van der Waals surface area contributed by atoms with Crippen LogP contribution in [0.3, 0.4) is 0 Å². The van der Waals surface area contributed by atoms with Crippen LogP contribution in [0.25, 0.3) is 30.0 Å². The highest BCUT2D eigenvalue weighted by molar-refractivity contribution is 8.35. The molecule has 0 aliphatic carbocycles. The summed E-state index contributed by atoms with van der Waals surface area (Å²) in [6.07, 6.45) is 0. The standard InChI is InChI=1S/C21H12O2S4/c22-19(23)12-5-6-15-16(11-12)18(21-26-9-10-27-21)14-4-2-1-3-13(14)17(15)20-24-7-8-25-20/h1-11H,(H,22,23). The van der Waals surface area contributed by atoms with E-state index < -0.39 is 5.97 Å². The number of rotatable bonds is 1. The maximum atomic E-state index is 11.6. The van der Waals surface area contributed by atoms with Crippen molar-refractivity contribution in [1.29, 1.82) is 0 Å². The smallest absolute Gasteiger partial charge is 0.335 e. The van der Waals surface area contributed by atoms with E-state index in [-0.39, 0.29) is 0 Å². The van der Waals surface area contributed by atoms with Gasteiger partial charge >= 0.3 is 5.97 Å². The molecule has 6 heteroatoms. The predicted octanol–water partition coefficient (Wildman–Crippen LogP) is 5.73. The molecule has 0 atom stereocenters. The molecule has 0 saturated heterocycles. The predicted molar refractivity (Wildman–Crippen MR) is 123 cm³/mol. The number of carboxylic acid groups (broad SMARTS) is 1. The lowest BCUT2D eigenvalue weighted by Gasteiger charge is -2.11. The third kappa shape index (κ3) is 2.91. The van der Waals surface area contributed by atoms with Gasteiger partial charge in [-0.1, -0.05) is 77.4 Å². The Morgan fingerprint density at radius 1 is 0.667 bits per heavy atom. The summed E-state index contributed by atoms with van der Waals surface area (Å²) in [4.78, 5) is 11.6. The van der Waals surface area contributed by atoms with E-state index in [1.54, 1.807) is 53.1 Å². The van der Waals surface area contributed by atoms with E-state index in [0.29, 0.717) is 5.56 Å². The molecule has 0 spiro atoms. The average molecular weight is 425 g/mol. The zero-order chi connectivity index (χ0) is 18.4. The fourth-order valence-electron chi connectivity index (χ4n) is 3.40. The second kappa shape index (κ2) is 7.02. The number of thioether (sulfide) groups is 4. The molecule has 0 bridgehead atoms. The molecule has 0 unspecified atom stereocenters. The summed E-state index contributed by atoms with van der Waals surface area (Å²) < 4.78 is 2.43. The number of fused-ring (bicyclic) bond motifs is 2. The van der Waals surface area contributed by atoms with E-state index in [0.717, 1.165) is 16.0 Å². The zero-order valence-electron chi connectivity index (χ0n) is 13.8. The maximum Gasteiger partial charge on any atom is 0.335 e. The van der Waals surface area contributed by atoms with Gasteiger partial charge in [-0.2, -0.15) is 0 Å². The Morgan fingerprint density at radius 3 is 1.67 bits per heavy atom. The number of benzene rings is 3. The van der Waals surface area contributed by atoms with Crippen LogP contribution in [0.1, 0.15) is 10.4 Å². The summed E-state index contributed by atoms with van der Waals surface area (Å²) in [5, 5.41) is 24.7. The molecule has 3 aromatic carbocycles. The first-order valence-corrected chi connectivity index (χ1v) is 11.7. The minimum Gasteiger partial charge on any atom is -0.478 e. The van der Waals surface area contributed by atoms with Gasteiger partial charge in [-0.05, 0) is 55.3 Å². The molecule has 27 heavy (non-hydrogen) atoms. The molecule has 5 rings (SSSR count). The summed E-state index contributed by atoms with van der Waals surface area (Å²) in [5.41, 5.74) is 0.321. The first-order valence-electron chi connectivity index (χ1n) is 8.17. The van der Waals surface area contributed by atoms with Gasteiger partial charge in [0, 0.05) is 10.4 Å². The van der Waals surface area contributed by atoms with Crippen molar-refractivity contribution >= 4 is 83.0 Å². The summed E-state index contributed by atoms with van der Waals surface area (Å²) in [5.74, 6) is -0.897. The van der Waals surface area contributed by atoms with Crippen LogP contribution < -0.4 is 10.4 Å². The van der Waals surface area contributed by atoms with Crippen LogP contribution >= 0.6 is 47.0 Å². The molecule has 2 heterocycles. The quantitative estimate of drug-likeness (QED) is 0.503. The van der Waals surface area contributed by atoms with Crippen LogP contribution in [-0.4, -0.2) is 11.1 Å². The van der Waals surface area contributed by atoms with Crippen LogP contribution in [0.5, 0.6) is 0 Å². The van der Waals surface area contributed by atoms with Gasteiger partial charge in [-0.3, -0.25) is 0 Å². The highest BCUT2D eigenvalue weighted by Crippen LogP contribution is 2.41. The van der Waals surface area contributed by atoms with Crippen LogP contribution in [-0.2, 0) is 0 Å². The van der Waals surface area contributed by atoms with E-state index in [1.165, 1.54) is 24.5 Å². The zero-order valence-corrected chi connectivity index (χ0v) is 17.1. The molecule has 2 aliphatic heterocycles. The number of hydrogen-bond donors (Lipinski definition) is 1. The number of carboxylic acids is 1.